The van der Waals surface area contributed by atoms with E-state index in [1.807, 2.05) is 0 Å². The summed E-state index contributed by atoms with van der Waals surface area (Å²) in [5.41, 5.74) is 1.11. The fraction of sp³-hybridized carbons (Fsp3) is 0.650. The summed E-state index contributed by atoms with van der Waals surface area (Å²) in [6, 6.07) is 0. The average molecular weight is 422 g/mol. The molecule has 0 unspecified atom stereocenters. The van der Waals surface area contributed by atoms with E-state index >= 15 is 0 Å². The molecule has 1 N–H and O–H groups in total. The van der Waals surface area contributed by atoms with Gasteiger partial charge in [0.25, 0.3) is 5.56 Å². The van der Waals surface area contributed by atoms with Gasteiger partial charge in [-0.2, -0.15) is 0 Å². The van der Waals surface area contributed by atoms with E-state index in [9.17, 15) is 9.59 Å². The molecule has 8 heteroatoms. The third-order valence-corrected chi connectivity index (χ3v) is 7.87. The van der Waals surface area contributed by atoms with Gasteiger partial charge in [-0.3, -0.25) is 14.2 Å². The second-order valence-electron chi connectivity index (χ2n) is 7.51. The summed E-state index contributed by atoms with van der Waals surface area (Å²) in [6.07, 6.45) is 5.68. The molecule has 0 aromatic carbocycles. The van der Waals surface area contributed by atoms with Crippen LogP contribution in [0.1, 0.15) is 49.5 Å². The molecule has 2 aliphatic heterocycles. The molecule has 28 heavy (non-hydrogen) atoms. The molecule has 1 amide bonds. The Balaban J connectivity index is 1.78. The van der Waals surface area contributed by atoms with Gasteiger partial charge in [-0.1, -0.05) is 25.1 Å². The minimum absolute atomic E-state index is 0.0123. The van der Waals surface area contributed by atoms with Crippen molar-refractivity contribution in [2.24, 2.45) is 0 Å². The number of carbonyl (C=O) groups excluding carboxylic acids is 1. The van der Waals surface area contributed by atoms with Gasteiger partial charge in [0, 0.05) is 18.0 Å². The van der Waals surface area contributed by atoms with Gasteiger partial charge in [0.15, 0.2) is 5.16 Å². The Morgan fingerprint density at radius 3 is 2.89 bits per heavy atom. The Hall–Kier alpha value is -1.38. The Labute approximate surface area is 173 Å². The number of rotatable bonds is 5. The highest BCUT2D eigenvalue weighted by Gasteiger charge is 2.27. The molecule has 2 fully saturated rings. The van der Waals surface area contributed by atoms with Crippen LogP contribution in [0, 0.1) is 6.92 Å². The number of nitrogens with zero attached hydrogens (tertiary/aromatic N) is 2. The summed E-state index contributed by atoms with van der Waals surface area (Å²) in [5.74, 6) is 0.0529. The maximum Gasteiger partial charge on any atom is 0.263 e. The minimum Gasteiger partial charge on any atom is -0.376 e. The molecule has 4 rings (SSSR count). The normalized spacial score (nSPS) is 23.1. The smallest absolute Gasteiger partial charge is 0.263 e. The largest absolute Gasteiger partial charge is 0.376 e. The van der Waals surface area contributed by atoms with E-state index in [-0.39, 0.29) is 22.8 Å². The van der Waals surface area contributed by atoms with Crippen LogP contribution in [0.25, 0.3) is 10.2 Å². The van der Waals surface area contributed by atoms with Crippen LogP contribution in [0.2, 0.25) is 0 Å². The molecule has 2 atom stereocenters. The van der Waals surface area contributed by atoms with Gasteiger partial charge in [0.1, 0.15) is 4.83 Å². The molecular weight excluding hydrogens is 394 g/mol. The van der Waals surface area contributed by atoms with E-state index in [0.29, 0.717) is 11.7 Å². The second kappa shape index (κ2) is 8.55. The Morgan fingerprint density at radius 1 is 1.29 bits per heavy atom. The maximum absolute atomic E-state index is 13.5. The third-order valence-electron chi connectivity index (χ3n) is 5.57. The van der Waals surface area contributed by atoms with Crippen LogP contribution in [0.3, 0.4) is 0 Å². The molecule has 2 aromatic rings. The summed E-state index contributed by atoms with van der Waals surface area (Å²) in [4.78, 5) is 32.8. The van der Waals surface area contributed by atoms with Crippen molar-refractivity contribution in [3.8, 4) is 0 Å². The second-order valence-corrected chi connectivity index (χ2v) is 9.88. The van der Waals surface area contributed by atoms with Crippen LogP contribution in [-0.2, 0) is 22.5 Å². The molecule has 2 aliphatic rings. The third kappa shape index (κ3) is 3.86. The first-order valence-electron chi connectivity index (χ1n) is 10.2. The zero-order chi connectivity index (χ0) is 19.7. The molecule has 0 bridgehead atoms. The SMILES string of the molecule is CCc1c(C)sc2nc(S[C@@H]3CCCCNC3=O)n(C[C@H]3CCCO3)c(=O)c12. The quantitative estimate of drug-likeness (QED) is 0.750. The highest BCUT2D eigenvalue weighted by molar-refractivity contribution is 8.00. The lowest BCUT2D eigenvalue weighted by atomic mass is 10.1. The number of amides is 1. The summed E-state index contributed by atoms with van der Waals surface area (Å²) in [5, 5.41) is 4.18. The van der Waals surface area contributed by atoms with E-state index in [1.54, 1.807) is 15.9 Å². The first-order chi connectivity index (χ1) is 13.6. The van der Waals surface area contributed by atoms with Crippen molar-refractivity contribution in [3.63, 3.8) is 0 Å². The van der Waals surface area contributed by atoms with E-state index in [1.165, 1.54) is 11.8 Å². The fourth-order valence-electron chi connectivity index (χ4n) is 4.05. The van der Waals surface area contributed by atoms with Crippen LogP contribution in [0.15, 0.2) is 9.95 Å². The number of ether oxygens (including phenoxy) is 1. The van der Waals surface area contributed by atoms with Crippen molar-refractivity contribution >= 4 is 39.2 Å². The van der Waals surface area contributed by atoms with Crippen LogP contribution in [-0.4, -0.2) is 40.0 Å². The zero-order valence-electron chi connectivity index (χ0n) is 16.5. The first kappa shape index (κ1) is 19.9. The summed E-state index contributed by atoms with van der Waals surface area (Å²) in [6.45, 7) is 6.13. The number of nitrogens with one attached hydrogen (secondary N) is 1. The van der Waals surface area contributed by atoms with E-state index in [2.05, 4.69) is 19.2 Å². The average Bonchev–Trinajstić information content (AvgIpc) is 3.24. The zero-order valence-corrected chi connectivity index (χ0v) is 18.1. The Morgan fingerprint density at radius 2 is 2.14 bits per heavy atom. The van der Waals surface area contributed by atoms with Gasteiger partial charge < -0.3 is 10.1 Å². The highest BCUT2D eigenvalue weighted by atomic mass is 32.2. The highest BCUT2D eigenvalue weighted by Crippen LogP contribution is 2.32. The predicted octanol–water partition coefficient (Wildman–Crippen LogP) is 3.27. The van der Waals surface area contributed by atoms with Crippen LogP contribution < -0.4 is 10.9 Å². The molecule has 4 heterocycles. The molecule has 6 nitrogen and oxygen atoms in total. The molecule has 2 aromatic heterocycles. The van der Waals surface area contributed by atoms with Gasteiger partial charge in [-0.25, -0.2) is 4.98 Å². The van der Waals surface area contributed by atoms with Crippen molar-refractivity contribution in [2.75, 3.05) is 13.2 Å². The van der Waals surface area contributed by atoms with Gasteiger partial charge in [0.2, 0.25) is 5.91 Å². The van der Waals surface area contributed by atoms with Crippen molar-refractivity contribution in [3.05, 3.63) is 20.8 Å². The molecule has 2 saturated heterocycles. The topological polar surface area (TPSA) is 73.2 Å². The number of thiophene rings is 1. The van der Waals surface area contributed by atoms with E-state index in [0.717, 1.165) is 72.3 Å². The number of aryl methyl sites for hydroxylation is 2. The van der Waals surface area contributed by atoms with Crippen molar-refractivity contribution in [2.45, 2.75) is 75.4 Å². The number of carbonyl (C=O) groups is 1. The van der Waals surface area contributed by atoms with Crippen molar-refractivity contribution in [1.29, 1.82) is 0 Å². The Kier molecular flexibility index (Phi) is 6.08. The number of aromatic nitrogens is 2. The summed E-state index contributed by atoms with van der Waals surface area (Å²) >= 11 is 3.02. The standard InChI is InChI=1S/C20H27N3O3S2/c1-3-14-12(2)27-18-16(14)19(25)23(11-13-7-6-10-26-13)20(22-18)28-15-8-4-5-9-21-17(15)24/h13,15H,3-11H2,1-2H3,(H,21,24)/t13-,15-/m1/s1. The van der Waals surface area contributed by atoms with Crippen molar-refractivity contribution < 1.29 is 9.53 Å². The minimum atomic E-state index is -0.200. The number of hydrogen-bond acceptors (Lipinski definition) is 6. The fourth-order valence-corrected chi connectivity index (χ4v) is 6.37. The van der Waals surface area contributed by atoms with Gasteiger partial charge >= 0.3 is 0 Å². The van der Waals surface area contributed by atoms with E-state index < -0.39 is 0 Å². The molecule has 0 saturated carbocycles. The molecule has 0 radical (unpaired) electrons. The monoisotopic (exact) mass is 421 g/mol. The Bertz CT molecular complexity index is 931. The number of thioether (sulfide) groups is 1. The summed E-state index contributed by atoms with van der Waals surface area (Å²) < 4.78 is 7.57. The van der Waals surface area contributed by atoms with Crippen molar-refractivity contribution in [1.82, 2.24) is 14.9 Å². The number of fused-ring (bicyclic) bond motifs is 1. The molecule has 152 valence electrons. The van der Waals surface area contributed by atoms with Gasteiger partial charge in [-0.15, -0.1) is 11.3 Å². The lowest BCUT2D eigenvalue weighted by Gasteiger charge is -2.18. The number of hydrogen-bond donors (Lipinski definition) is 1. The lowest BCUT2D eigenvalue weighted by Crippen LogP contribution is -2.33. The van der Waals surface area contributed by atoms with Crippen LogP contribution >= 0.6 is 23.1 Å². The van der Waals surface area contributed by atoms with Gasteiger partial charge in [-0.05, 0) is 44.6 Å². The van der Waals surface area contributed by atoms with E-state index in [4.69, 9.17) is 9.72 Å². The maximum atomic E-state index is 13.5. The molecular formula is C20H27N3O3S2. The van der Waals surface area contributed by atoms with Crippen LogP contribution in [0.4, 0.5) is 0 Å². The predicted molar refractivity (Wildman–Crippen MR) is 113 cm³/mol. The summed E-state index contributed by atoms with van der Waals surface area (Å²) in [7, 11) is 0. The molecule has 0 spiro atoms. The first-order valence-corrected chi connectivity index (χ1v) is 11.9. The van der Waals surface area contributed by atoms with Crippen LogP contribution in [0.5, 0.6) is 0 Å². The lowest BCUT2D eigenvalue weighted by molar-refractivity contribution is -0.120. The molecule has 0 aliphatic carbocycles. The van der Waals surface area contributed by atoms with Gasteiger partial charge in [0.05, 0.1) is 23.3 Å².